The van der Waals surface area contributed by atoms with Crippen molar-refractivity contribution in [3.05, 3.63) is 64.6 Å². The van der Waals surface area contributed by atoms with Crippen LogP contribution in [0.3, 0.4) is 0 Å². The summed E-state index contributed by atoms with van der Waals surface area (Å²) in [6.07, 6.45) is 0.884. The number of aryl methyl sites for hydroxylation is 1. The molecule has 0 bridgehead atoms. The molecule has 152 valence electrons. The summed E-state index contributed by atoms with van der Waals surface area (Å²) in [6.45, 7) is 4.85. The van der Waals surface area contributed by atoms with E-state index in [1.807, 2.05) is 24.3 Å². The average molecular weight is 403 g/mol. The number of aromatic amines is 1. The summed E-state index contributed by atoms with van der Waals surface area (Å²) >= 11 is 0. The van der Waals surface area contributed by atoms with Crippen LogP contribution in [0.4, 0.5) is 5.69 Å². The Kier molecular flexibility index (Phi) is 5.14. The second-order valence-electron chi connectivity index (χ2n) is 7.48. The molecule has 2 heterocycles. The Labute approximate surface area is 171 Å². The van der Waals surface area contributed by atoms with Gasteiger partial charge in [-0.15, -0.1) is 10.2 Å². The van der Waals surface area contributed by atoms with Crippen LogP contribution < -0.4 is 5.56 Å². The SMILES string of the molecule is CC(C)CCn1c(O)c(N=NC(=O)c2n[nH]c(=O)c3ccccc23)c2ccccc21. The van der Waals surface area contributed by atoms with Crippen molar-refractivity contribution in [2.45, 2.75) is 26.8 Å². The molecule has 0 fully saturated rings. The van der Waals surface area contributed by atoms with Crippen molar-refractivity contribution in [1.29, 1.82) is 0 Å². The van der Waals surface area contributed by atoms with Gasteiger partial charge in [0.2, 0.25) is 5.88 Å². The van der Waals surface area contributed by atoms with Crippen molar-refractivity contribution in [3.8, 4) is 5.88 Å². The van der Waals surface area contributed by atoms with Gasteiger partial charge in [-0.05, 0) is 24.5 Å². The number of hydrogen-bond donors (Lipinski definition) is 2. The number of carbonyl (C=O) groups is 1. The Morgan fingerprint density at radius 3 is 2.50 bits per heavy atom. The third-order valence-corrected chi connectivity index (χ3v) is 4.99. The van der Waals surface area contributed by atoms with Crippen LogP contribution in [-0.2, 0) is 6.54 Å². The molecule has 0 radical (unpaired) electrons. The van der Waals surface area contributed by atoms with E-state index >= 15 is 0 Å². The number of fused-ring (bicyclic) bond motifs is 2. The fourth-order valence-electron chi connectivity index (χ4n) is 3.40. The maximum Gasteiger partial charge on any atom is 0.316 e. The number of azo groups is 1. The van der Waals surface area contributed by atoms with Gasteiger partial charge >= 0.3 is 5.91 Å². The second-order valence-corrected chi connectivity index (χ2v) is 7.48. The third kappa shape index (κ3) is 3.47. The molecule has 2 N–H and O–H groups in total. The van der Waals surface area contributed by atoms with Crippen molar-refractivity contribution < 1.29 is 9.90 Å². The molecule has 4 aromatic rings. The van der Waals surface area contributed by atoms with Crippen molar-refractivity contribution in [1.82, 2.24) is 14.8 Å². The monoisotopic (exact) mass is 403 g/mol. The molecule has 0 saturated heterocycles. The number of H-pyrrole nitrogens is 1. The normalized spacial score (nSPS) is 11.8. The minimum atomic E-state index is -0.708. The molecule has 4 rings (SSSR count). The lowest BCUT2D eigenvalue weighted by Crippen LogP contribution is -2.13. The average Bonchev–Trinajstić information content (AvgIpc) is 3.01. The van der Waals surface area contributed by atoms with Crippen molar-refractivity contribution in [3.63, 3.8) is 0 Å². The number of aromatic nitrogens is 3. The number of hydrogen-bond acceptors (Lipinski definition) is 5. The van der Waals surface area contributed by atoms with E-state index in [9.17, 15) is 14.7 Å². The quantitative estimate of drug-likeness (QED) is 0.476. The van der Waals surface area contributed by atoms with Crippen LogP contribution in [-0.4, -0.2) is 25.8 Å². The molecule has 0 atom stereocenters. The Morgan fingerprint density at radius 1 is 1.10 bits per heavy atom. The van der Waals surface area contributed by atoms with Crippen molar-refractivity contribution >= 4 is 33.3 Å². The Morgan fingerprint density at radius 2 is 1.77 bits per heavy atom. The van der Waals surface area contributed by atoms with Crippen molar-refractivity contribution in [2.75, 3.05) is 0 Å². The maximum absolute atomic E-state index is 12.7. The van der Waals surface area contributed by atoms with E-state index in [4.69, 9.17) is 0 Å². The molecule has 1 amide bonds. The molecule has 0 aliphatic rings. The van der Waals surface area contributed by atoms with E-state index in [-0.39, 0.29) is 22.8 Å². The summed E-state index contributed by atoms with van der Waals surface area (Å²) < 4.78 is 1.78. The van der Waals surface area contributed by atoms with Crippen LogP contribution in [0.1, 0.15) is 30.8 Å². The minimum absolute atomic E-state index is 0.00279. The lowest BCUT2D eigenvalue weighted by Gasteiger charge is -2.08. The second kappa shape index (κ2) is 7.90. The van der Waals surface area contributed by atoms with Crippen LogP contribution in [0.15, 0.2) is 63.6 Å². The molecule has 0 spiro atoms. The zero-order chi connectivity index (χ0) is 21.3. The van der Waals surface area contributed by atoms with E-state index in [2.05, 4.69) is 34.3 Å². The first-order chi connectivity index (χ1) is 14.5. The van der Waals surface area contributed by atoms with Gasteiger partial charge in [0.15, 0.2) is 11.4 Å². The molecular weight excluding hydrogens is 382 g/mol. The van der Waals surface area contributed by atoms with E-state index in [1.165, 1.54) is 0 Å². The molecule has 0 saturated carbocycles. The molecule has 8 heteroatoms. The zero-order valence-electron chi connectivity index (χ0n) is 16.7. The lowest BCUT2D eigenvalue weighted by atomic mass is 10.1. The summed E-state index contributed by atoms with van der Waals surface area (Å²) in [4.78, 5) is 24.6. The standard InChI is InChI=1S/C22H21N5O3/c1-13(2)11-12-27-17-10-6-5-9-16(17)19(22(27)30)24-26-21(29)18-14-7-3-4-8-15(14)20(28)25-23-18/h3-10,13,30H,11-12H2,1-2H3,(H,25,28). The summed E-state index contributed by atoms with van der Waals surface area (Å²) in [7, 11) is 0. The Bertz CT molecular complexity index is 1330. The number of rotatable bonds is 5. The number of para-hydroxylation sites is 1. The number of aromatic hydroxyl groups is 1. The van der Waals surface area contributed by atoms with Crippen LogP contribution in [0.5, 0.6) is 5.88 Å². The molecular formula is C22H21N5O3. The molecule has 30 heavy (non-hydrogen) atoms. The molecule has 8 nitrogen and oxygen atoms in total. The largest absolute Gasteiger partial charge is 0.493 e. The maximum atomic E-state index is 12.7. The number of benzene rings is 2. The first kappa shape index (κ1) is 19.5. The van der Waals surface area contributed by atoms with E-state index in [0.717, 1.165) is 11.9 Å². The van der Waals surface area contributed by atoms with E-state index < -0.39 is 5.91 Å². The van der Waals surface area contributed by atoms with E-state index in [0.29, 0.717) is 28.6 Å². The van der Waals surface area contributed by atoms with Crippen molar-refractivity contribution in [2.24, 2.45) is 16.1 Å². The number of carbonyl (C=O) groups excluding carboxylic acids is 1. The molecule has 2 aromatic carbocycles. The van der Waals surface area contributed by atoms with Crippen LogP contribution >= 0.6 is 0 Å². The summed E-state index contributed by atoms with van der Waals surface area (Å²) in [5, 5.41) is 26.2. The van der Waals surface area contributed by atoms with Gasteiger partial charge < -0.3 is 9.67 Å². The van der Waals surface area contributed by atoms with Gasteiger partial charge in [0, 0.05) is 17.3 Å². The van der Waals surface area contributed by atoms with Gasteiger partial charge in [-0.25, -0.2) is 5.10 Å². The fraction of sp³-hybridized carbons (Fsp3) is 0.227. The Balaban J connectivity index is 1.75. The first-order valence-corrected chi connectivity index (χ1v) is 9.71. The predicted octanol–water partition coefficient (Wildman–Crippen LogP) is 4.55. The summed E-state index contributed by atoms with van der Waals surface area (Å²) in [5.74, 6) is -0.273. The number of nitrogens with one attached hydrogen (secondary N) is 1. The zero-order valence-corrected chi connectivity index (χ0v) is 16.7. The van der Waals surface area contributed by atoms with Crippen LogP contribution in [0.2, 0.25) is 0 Å². The molecule has 0 unspecified atom stereocenters. The fourth-order valence-corrected chi connectivity index (χ4v) is 3.40. The van der Waals surface area contributed by atoms with Gasteiger partial charge in [-0.3, -0.25) is 9.59 Å². The highest BCUT2D eigenvalue weighted by Gasteiger charge is 2.18. The highest BCUT2D eigenvalue weighted by Crippen LogP contribution is 2.39. The summed E-state index contributed by atoms with van der Waals surface area (Å²) in [6, 6.07) is 14.1. The molecule has 0 aliphatic heterocycles. The van der Waals surface area contributed by atoms with Gasteiger partial charge in [0.05, 0.1) is 10.9 Å². The highest BCUT2D eigenvalue weighted by atomic mass is 16.3. The molecule has 2 aromatic heterocycles. The van der Waals surface area contributed by atoms with Gasteiger partial charge in [-0.2, -0.15) is 5.10 Å². The predicted molar refractivity (Wildman–Crippen MR) is 114 cm³/mol. The highest BCUT2D eigenvalue weighted by molar-refractivity contribution is 6.05. The topological polar surface area (TPSA) is 113 Å². The van der Waals surface area contributed by atoms with Crippen LogP contribution in [0, 0.1) is 5.92 Å². The lowest BCUT2D eigenvalue weighted by molar-refractivity contribution is 0.0991. The third-order valence-electron chi connectivity index (χ3n) is 4.99. The minimum Gasteiger partial charge on any atom is -0.493 e. The van der Waals surface area contributed by atoms with E-state index in [1.54, 1.807) is 28.8 Å². The van der Waals surface area contributed by atoms with Gasteiger partial charge in [0.1, 0.15) is 0 Å². The smallest absolute Gasteiger partial charge is 0.316 e. The Hall–Kier alpha value is -3.81. The van der Waals surface area contributed by atoms with Crippen LogP contribution in [0.25, 0.3) is 21.7 Å². The number of amides is 1. The van der Waals surface area contributed by atoms with Gasteiger partial charge in [-0.1, -0.05) is 50.2 Å². The van der Waals surface area contributed by atoms with Gasteiger partial charge in [0.25, 0.3) is 5.56 Å². The number of nitrogens with zero attached hydrogens (tertiary/aromatic N) is 4. The molecule has 0 aliphatic carbocycles. The first-order valence-electron chi connectivity index (χ1n) is 9.71. The summed E-state index contributed by atoms with van der Waals surface area (Å²) in [5.41, 5.74) is 0.669.